The number of carbonyl (C=O) groups excluding carboxylic acids is 1. The van der Waals surface area contributed by atoms with Crippen LogP contribution in [0.3, 0.4) is 0 Å². The zero-order valence-corrected chi connectivity index (χ0v) is 14.9. The van der Waals surface area contributed by atoms with E-state index in [0.717, 1.165) is 28.3 Å². The average molecular weight is 326 g/mol. The maximum absolute atomic E-state index is 12.7. The Balaban J connectivity index is 2.27. The summed E-state index contributed by atoms with van der Waals surface area (Å²) >= 11 is 1.67. The quantitative estimate of drug-likeness (QED) is 0.548. The second-order valence-corrected chi connectivity index (χ2v) is 6.69. The number of amides is 1. The van der Waals surface area contributed by atoms with Crippen LogP contribution in [0.2, 0.25) is 0 Å². The van der Waals surface area contributed by atoms with Gasteiger partial charge in [-0.05, 0) is 51.5 Å². The Morgan fingerprint density at radius 3 is 2.65 bits per heavy atom. The van der Waals surface area contributed by atoms with E-state index < -0.39 is 0 Å². The Morgan fingerprint density at radius 1 is 1.35 bits per heavy atom. The Bertz CT molecular complexity index is 747. The third-order valence-corrected chi connectivity index (χ3v) is 4.54. The largest absolute Gasteiger partial charge is 0.280 e. The van der Waals surface area contributed by atoms with Gasteiger partial charge < -0.3 is 0 Å². The van der Waals surface area contributed by atoms with Gasteiger partial charge in [-0.3, -0.25) is 4.79 Å². The molecule has 0 saturated carbocycles. The summed E-state index contributed by atoms with van der Waals surface area (Å²) in [6, 6.07) is 4.08. The first-order valence-electron chi connectivity index (χ1n) is 7.66. The molecule has 1 aliphatic heterocycles. The fraction of sp³-hybridized carbons (Fsp3) is 0.263. The molecule has 1 aliphatic rings. The lowest BCUT2D eigenvalue weighted by Crippen LogP contribution is -2.20. The monoisotopic (exact) mass is 326 g/mol. The minimum atomic E-state index is -0.0894. The van der Waals surface area contributed by atoms with Crippen LogP contribution in [0, 0.1) is 6.92 Å². The summed E-state index contributed by atoms with van der Waals surface area (Å²) in [7, 11) is 0. The SMILES string of the molecule is C=C(/C=C/C(=C\C)N1N=C(C)/C(=C/c2ccc(C)s2)C1=O)CC. The zero-order chi connectivity index (χ0) is 17.0. The highest BCUT2D eigenvalue weighted by Gasteiger charge is 2.29. The molecule has 1 amide bonds. The summed E-state index contributed by atoms with van der Waals surface area (Å²) in [5.41, 5.74) is 3.16. The van der Waals surface area contributed by atoms with Gasteiger partial charge in [0.2, 0.25) is 0 Å². The van der Waals surface area contributed by atoms with Gasteiger partial charge in [0.1, 0.15) is 0 Å². The number of rotatable bonds is 5. The number of hydrogen-bond donors (Lipinski definition) is 0. The maximum atomic E-state index is 12.7. The van der Waals surface area contributed by atoms with Gasteiger partial charge in [-0.15, -0.1) is 11.3 Å². The number of hydrogen-bond acceptors (Lipinski definition) is 3. The van der Waals surface area contributed by atoms with Crippen molar-refractivity contribution in [3.63, 3.8) is 0 Å². The van der Waals surface area contributed by atoms with E-state index in [1.807, 2.05) is 44.2 Å². The van der Waals surface area contributed by atoms with Gasteiger partial charge >= 0.3 is 0 Å². The van der Waals surface area contributed by atoms with Gasteiger partial charge in [0.05, 0.1) is 17.0 Å². The Morgan fingerprint density at radius 2 is 2.09 bits per heavy atom. The molecule has 2 heterocycles. The molecule has 0 aromatic carbocycles. The number of thiophene rings is 1. The minimum absolute atomic E-state index is 0.0894. The van der Waals surface area contributed by atoms with E-state index in [1.165, 1.54) is 9.89 Å². The van der Waals surface area contributed by atoms with Gasteiger partial charge in [0, 0.05) is 9.75 Å². The third-order valence-electron chi connectivity index (χ3n) is 3.59. The molecule has 3 nitrogen and oxygen atoms in total. The highest BCUT2D eigenvalue weighted by atomic mass is 32.1. The third kappa shape index (κ3) is 3.96. The fourth-order valence-corrected chi connectivity index (χ4v) is 2.96. The predicted octanol–water partition coefficient (Wildman–Crippen LogP) is 5.08. The van der Waals surface area contributed by atoms with Gasteiger partial charge in [0.15, 0.2) is 0 Å². The molecule has 0 N–H and O–H groups in total. The van der Waals surface area contributed by atoms with Crippen LogP contribution in [0.25, 0.3) is 6.08 Å². The van der Waals surface area contributed by atoms with E-state index >= 15 is 0 Å². The van der Waals surface area contributed by atoms with Crippen LogP contribution >= 0.6 is 11.3 Å². The lowest BCUT2D eigenvalue weighted by atomic mass is 10.1. The van der Waals surface area contributed by atoms with Crippen molar-refractivity contribution >= 4 is 29.0 Å². The minimum Gasteiger partial charge on any atom is -0.267 e. The zero-order valence-electron chi connectivity index (χ0n) is 14.1. The second kappa shape index (κ2) is 7.38. The van der Waals surface area contributed by atoms with Gasteiger partial charge in [0.25, 0.3) is 5.91 Å². The van der Waals surface area contributed by atoms with Gasteiger partial charge in [-0.1, -0.05) is 31.2 Å². The topological polar surface area (TPSA) is 32.7 Å². The molecule has 1 aromatic rings. The summed E-state index contributed by atoms with van der Waals surface area (Å²) in [6.07, 6.45) is 8.50. The molecular formula is C19H22N2OS. The standard InChI is InChI=1S/C19H22N2OS/c1-6-13(3)8-10-16(7-2)21-19(22)18(15(5)20-21)12-17-11-9-14(4)23-17/h7-12H,3,6H2,1-2,4-5H3/b10-8+,16-7+,18-12-. The number of carbonyl (C=O) groups is 1. The first-order valence-corrected chi connectivity index (χ1v) is 8.48. The van der Waals surface area contributed by atoms with Crippen LogP contribution in [0.4, 0.5) is 0 Å². The van der Waals surface area contributed by atoms with E-state index in [9.17, 15) is 4.79 Å². The van der Waals surface area contributed by atoms with Crippen LogP contribution in [-0.2, 0) is 4.79 Å². The Hall–Kier alpha value is -2.20. The number of hydrazone groups is 1. The molecule has 0 atom stereocenters. The van der Waals surface area contributed by atoms with Crippen molar-refractivity contribution in [3.05, 3.63) is 63.5 Å². The molecule has 23 heavy (non-hydrogen) atoms. The molecule has 0 unspecified atom stereocenters. The summed E-state index contributed by atoms with van der Waals surface area (Å²) in [5.74, 6) is -0.0894. The van der Waals surface area contributed by atoms with Crippen LogP contribution < -0.4 is 0 Å². The molecule has 0 fully saturated rings. The molecule has 0 aliphatic carbocycles. The molecule has 0 radical (unpaired) electrons. The van der Waals surface area contributed by atoms with E-state index in [1.54, 1.807) is 11.3 Å². The van der Waals surface area contributed by atoms with Crippen LogP contribution in [-0.4, -0.2) is 16.6 Å². The lowest BCUT2D eigenvalue weighted by Gasteiger charge is -2.12. The maximum Gasteiger partial charge on any atom is 0.280 e. The Labute approximate surface area is 142 Å². The molecule has 2 rings (SSSR count). The van der Waals surface area contributed by atoms with Gasteiger partial charge in [-0.25, -0.2) is 0 Å². The molecule has 4 heteroatoms. The highest BCUT2D eigenvalue weighted by Crippen LogP contribution is 2.25. The smallest absolute Gasteiger partial charge is 0.267 e. The van der Waals surface area contributed by atoms with Crippen LogP contribution in [0.1, 0.15) is 36.9 Å². The molecule has 0 spiro atoms. The van der Waals surface area contributed by atoms with Crippen molar-refractivity contribution < 1.29 is 4.79 Å². The molecule has 0 bridgehead atoms. The molecule has 1 aromatic heterocycles. The number of allylic oxidation sites excluding steroid dienone is 4. The van der Waals surface area contributed by atoms with Crippen molar-refractivity contribution in [2.75, 3.05) is 0 Å². The van der Waals surface area contributed by atoms with Crippen molar-refractivity contribution in [1.29, 1.82) is 0 Å². The number of aryl methyl sites for hydroxylation is 1. The first kappa shape index (κ1) is 17.2. The molecule has 0 saturated heterocycles. The predicted molar refractivity (Wildman–Crippen MR) is 99.3 cm³/mol. The van der Waals surface area contributed by atoms with Crippen LogP contribution in [0.5, 0.6) is 0 Å². The van der Waals surface area contributed by atoms with E-state index in [4.69, 9.17) is 0 Å². The lowest BCUT2D eigenvalue weighted by molar-refractivity contribution is -0.123. The highest BCUT2D eigenvalue weighted by molar-refractivity contribution is 7.12. The van der Waals surface area contributed by atoms with E-state index in [0.29, 0.717) is 5.57 Å². The first-order chi connectivity index (χ1) is 11.0. The Kier molecular flexibility index (Phi) is 5.50. The summed E-state index contributed by atoms with van der Waals surface area (Å²) in [6.45, 7) is 11.8. The van der Waals surface area contributed by atoms with E-state index in [-0.39, 0.29) is 5.91 Å². The van der Waals surface area contributed by atoms with Crippen molar-refractivity contribution in [2.45, 2.75) is 34.1 Å². The normalized spacial score (nSPS) is 17.5. The fourth-order valence-electron chi connectivity index (χ4n) is 2.14. The average Bonchev–Trinajstić information content (AvgIpc) is 3.06. The van der Waals surface area contributed by atoms with Crippen LogP contribution in [0.15, 0.2) is 58.9 Å². The summed E-state index contributed by atoms with van der Waals surface area (Å²) < 4.78 is 0. The molecule has 120 valence electrons. The van der Waals surface area contributed by atoms with Crippen molar-refractivity contribution in [1.82, 2.24) is 5.01 Å². The van der Waals surface area contributed by atoms with Gasteiger partial charge in [-0.2, -0.15) is 10.1 Å². The second-order valence-electron chi connectivity index (χ2n) is 5.37. The summed E-state index contributed by atoms with van der Waals surface area (Å²) in [4.78, 5) is 15.0. The van der Waals surface area contributed by atoms with E-state index in [2.05, 4.69) is 31.6 Å². The van der Waals surface area contributed by atoms with Crippen molar-refractivity contribution in [3.8, 4) is 0 Å². The molecular weight excluding hydrogens is 304 g/mol. The number of nitrogens with zero attached hydrogens (tertiary/aromatic N) is 2. The summed E-state index contributed by atoms with van der Waals surface area (Å²) in [5, 5.41) is 5.88. The van der Waals surface area contributed by atoms with Crippen molar-refractivity contribution in [2.24, 2.45) is 5.10 Å².